The van der Waals surface area contributed by atoms with E-state index in [9.17, 15) is 9.59 Å². The highest BCUT2D eigenvalue weighted by molar-refractivity contribution is 5.71. The quantitative estimate of drug-likeness (QED) is 0.400. The number of cyclic esters (lactones) is 1. The van der Waals surface area contributed by atoms with Gasteiger partial charge in [-0.25, -0.2) is 0 Å². The molecular weight excluding hydrogens is 122 g/mol. The van der Waals surface area contributed by atoms with E-state index in [1.807, 2.05) is 0 Å². The molecule has 1 atom stereocenters. The van der Waals surface area contributed by atoms with Gasteiger partial charge in [-0.3, -0.25) is 9.59 Å². The van der Waals surface area contributed by atoms with Crippen molar-refractivity contribution in [2.45, 2.75) is 19.1 Å². The van der Waals surface area contributed by atoms with Crippen LogP contribution in [0.1, 0.15) is 12.8 Å². The molecule has 0 aromatic heterocycles. The number of ether oxygens (including phenoxy) is 1. The lowest BCUT2D eigenvalue weighted by atomic mass is 10.3. The predicted molar refractivity (Wildman–Crippen MR) is 28.3 cm³/mol. The van der Waals surface area contributed by atoms with Crippen LogP contribution in [0, 0.1) is 0 Å². The summed E-state index contributed by atoms with van der Waals surface area (Å²) < 4.78 is 4.62. The minimum absolute atomic E-state index is 0.241. The molecule has 1 amide bonds. The second kappa shape index (κ2) is 2.48. The van der Waals surface area contributed by atoms with E-state index in [1.54, 1.807) is 0 Å². The van der Waals surface area contributed by atoms with Crippen molar-refractivity contribution in [2.24, 2.45) is 0 Å². The highest BCUT2D eigenvalue weighted by Gasteiger charge is 2.21. The molecule has 4 heteroatoms. The largest absolute Gasteiger partial charge is 0.442 e. The average Bonchev–Trinajstić information content (AvgIpc) is 2.17. The van der Waals surface area contributed by atoms with Crippen LogP contribution in [-0.4, -0.2) is 18.6 Å². The molecule has 1 aliphatic rings. The Hall–Kier alpha value is -1.06. The first-order valence-corrected chi connectivity index (χ1v) is 2.72. The maximum Gasteiger partial charge on any atom is 0.307 e. The summed E-state index contributed by atoms with van der Waals surface area (Å²) in [6.45, 7) is 0. The molecule has 0 aromatic carbocycles. The number of esters is 1. The average molecular weight is 129 g/mol. The van der Waals surface area contributed by atoms with Crippen LogP contribution in [0.5, 0.6) is 0 Å². The zero-order valence-electron chi connectivity index (χ0n) is 4.79. The number of rotatable bonds is 2. The van der Waals surface area contributed by atoms with Gasteiger partial charge >= 0.3 is 5.97 Å². The monoisotopic (exact) mass is 129 g/mol. The van der Waals surface area contributed by atoms with Crippen molar-refractivity contribution in [3.63, 3.8) is 0 Å². The lowest BCUT2D eigenvalue weighted by Gasteiger charge is -2.04. The predicted octanol–water partition coefficient (Wildman–Crippen LogP) is -0.605. The first-order chi connectivity index (χ1) is 4.33. The van der Waals surface area contributed by atoms with Crippen LogP contribution in [0.4, 0.5) is 0 Å². The second-order valence-electron chi connectivity index (χ2n) is 1.80. The van der Waals surface area contributed by atoms with Gasteiger partial charge in [-0.15, -0.1) is 0 Å². The summed E-state index contributed by atoms with van der Waals surface area (Å²) in [5.74, 6) is -0.241. The van der Waals surface area contributed by atoms with Gasteiger partial charge in [0.05, 0.1) is 6.42 Å². The van der Waals surface area contributed by atoms with Gasteiger partial charge in [0.15, 0.2) is 6.23 Å². The van der Waals surface area contributed by atoms with E-state index in [-0.39, 0.29) is 12.2 Å². The number of hydrogen-bond donors (Lipinski definition) is 1. The number of nitrogens with one attached hydrogen (secondary N) is 1. The van der Waals surface area contributed by atoms with Gasteiger partial charge in [0, 0.05) is 6.42 Å². The third kappa shape index (κ3) is 1.42. The van der Waals surface area contributed by atoms with Gasteiger partial charge < -0.3 is 10.1 Å². The minimum atomic E-state index is -0.380. The van der Waals surface area contributed by atoms with Gasteiger partial charge in [-0.2, -0.15) is 0 Å². The Bertz CT molecular complexity index is 134. The summed E-state index contributed by atoms with van der Waals surface area (Å²) in [6, 6.07) is 0. The minimum Gasteiger partial charge on any atom is -0.442 e. The number of hydrogen-bond acceptors (Lipinski definition) is 3. The Morgan fingerprint density at radius 1 is 1.78 bits per heavy atom. The van der Waals surface area contributed by atoms with Crippen LogP contribution in [-0.2, 0) is 14.3 Å². The first-order valence-electron chi connectivity index (χ1n) is 2.72. The summed E-state index contributed by atoms with van der Waals surface area (Å²) in [4.78, 5) is 20.1. The SMILES string of the molecule is O=CNC1CCC(=O)O1. The normalized spacial score (nSPS) is 25.3. The molecule has 1 aliphatic heterocycles. The fraction of sp³-hybridized carbons (Fsp3) is 0.600. The number of carbonyl (C=O) groups excluding carboxylic acids is 2. The Balaban J connectivity index is 2.29. The molecule has 4 nitrogen and oxygen atoms in total. The van der Waals surface area contributed by atoms with E-state index in [0.29, 0.717) is 19.3 Å². The maximum atomic E-state index is 10.4. The van der Waals surface area contributed by atoms with Crippen molar-refractivity contribution in [3.8, 4) is 0 Å². The van der Waals surface area contributed by atoms with Crippen LogP contribution in [0.3, 0.4) is 0 Å². The lowest BCUT2D eigenvalue weighted by Crippen LogP contribution is -2.26. The molecule has 0 aliphatic carbocycles. The summed E-state index contributed by atoms with van der Waals surface area (Å²) in [5, 5.41) is 2.35. The highest BCUT2D eigenvalue weighted by Crippen LogP contribution is 2.09. The van der Waals surface area contributed by atoms with Crippen molar-refractivity contribution in [1.29, 1.82) is 0 Å². The van der Waals surface area contributed by atoms with Gasteiger partial charge in [0.25, 0.3) is 0 Å². The maximum absolute atomic E-state index is 10.4. The molecule has 50 valence electrons. The molecule has 0 bridgehead atoms. The van der Waals surface area contributed by atoms with Gasteiger partial charge in [0.2, 0.25) is 6.41 Å². The zero-order chi connectivity index (χ0) is 6.69. The smallest absolute Gasteiger partial charge is 0.307 e. The molecular formula is C5H7NO3. The van der Waals surface area contributed by atoms with Crippen LogP contribution in [0.2, 0.25) is 0 Å². The van der Waals surface area contributed by atoms with Gasteiger partial charge in [-0.05, 0) is 0 Å². The molecule has 1 N–H and O–H groups in total. The summed E-state index contributed by atoms with van der Waals surface area (Å²) in [7, 11) is 0. The number of amides is 1. The van der Waals surface area contributed by atoms with Crippen molar-refractivity contribution in [2.75, 3.05) is 0 Å². The van der Waals surface area contributed by atoms with E-state index in [0.717, 1.165) is 0 Å². The van der Waals surface area contributed by atoms with Crippen molar-refractivity contribution >= 4 is 12.4 Å². The first kappa shape index (κ1) is 6.07. The third-order valence-electron chi connectivity index (χ3n) is 1.14. The van der Waals surface area contributed by atoms with Crippen LogP contribution >= 0.6 is 0 Å². The fourth-order valence-corrected chi connectivity index (χ4v) is 0.719. The fourth-order valence-electron chi connectivity index (χ4n) is 0.719. The van der Waals surface area contributed by atoms with Gasteiger partial charge in [0.1, 0.15) is 0 Å². The molecule has 1 saturated heterocycles. The van der Waals surface area contributed by atoms with Crippen LogP contribution < -0.4 is 5.32 Å². The lowest BCUT2D eigenvalue weighted by molar-refractivity contribution is -0.142. The summed E-state index contributed by atoms with van der Waals surface area (Å²) in [6.07, 6.45) is 1.15. The molecule has 0 saturated carbocycles. The van der Waals surface area contributed by atoms with E-state index in [2.05, 4.69) is 10.1 Å². The van der Waals surface area contributed by atoms with Crippen molar-refractivity contribution in [3.05, 3.63) is 0 Å². The molecule has 1 heterocycles. The molecule has 1 rings (SSSR count). The van der Waals surface area contributed by atoms with Crippen molar-refractivity contribution in [1.82, 2.24) is 5.32 Å². The van der Waals surface area contributed by atoms with E-state index in [1.165, 1.54) is 0 Å². The van der Waals surface area contributed by atoms with Gasteiger partial charge in [-0.1, -0.05) is 0 Å². The molecule has 0 spiro atoms. The molecule has 9 heavy (non-hydrogen) atoms. The van der Waals surface area contributed by atoms with E-state index in [4.69, 9.17) is 0 Å². The molecule has 0 radical (unpaired) electrons. The number of carbonyl (C=O) groups is 2. The second-order valence-corrected chi connectivity index (χ2v) is 1.80. The Kier molecular flexibility index (Phi) is 1.67. The van der Waals surface area contributed by atoms with E-state index >= 15 is 0 Å². The zero-order valence-corrected chi connectivity index (χ0v) is 4.79. The third-order valence-corrected chi connectivity index (χ3v) is 1.14. The summed E-state index contributed by atoms with van der Waals surface area (Å²) >= 11 is 0. The highest BCUT2D eigenvalue weighted by atomic mass is 16.6. The Morgan fingerprint density at radius 3 is 3.00 bits per heavy atom. The van der Waals surface area contributed by atoms with Crippen LogP contribution in [0.25, 0.3) is 0 Å². The molecule has 1 fully saturated rings. The standard InChI is InChI=1S/C5H7NO3/c7-3-6-4-1-2-5(8)9-4/h3-4H,1-2H2,(H,6,7). The molecule has 1 unspecified atom stereocenters. The van der Waals surface area contributed by atoms with E-state index < -0.39 is 0 Å². The summed E-state index contributed by atoms with van der Waals surface area (Å²) in [5.41, 5.74) is 0. The Morgan fingerprint density at radius 2 is 2.56 bits per heavy atom. The van der Waals surface area contributed by atoms with Crippen molar-refractivity contribution < 1.29 is 14.3 Å². The van der Waals surface area contributed by atoms with Crippen LogP contribution in [0.15, 0.2) is 0 Å². The molecule has 0 aromatic rings. The topological polar surface area (TPSA) is 55.4 Å². The Labute approximate surface area is 52.2 Å².